The Labute approximate surface area is 117 Å². The Morgan fingerprint density at radius 2 is 0.905 bits per heavy atom. The van der Waals surface area contributed by atoms with Crippen LogP contribution >= 0.6 is 0 Å². The fraction of sp³-hybridized carbons (Fsp3) is 0.500. The lowest BCUT2D eigenvalue weighted by molar-refractivity contribution is -0.170. The molecule has 120 valence electrons. The maximum absolute atomic E-state index is 10.3. The zero-order valence-electron chi connectivity index (χ0n) is 10.6. The maximum Gasteiger partial charge on any atom is 0.336 e. The number of carboxylic acids is 5. The van der Waals surface area contributed by atoms with E-state index in [1.807, 2.05) is 0 Å². The molecule has 0 saturated carbocycles. The predicted molar refractivity (Wildman–Crippen MR) is 61.6 cm³/mol. The molecule has 0 heterocycles. The standard InChI is InChI=1S/C6H8O7.C4H6O4/c7-3(8)1-6(13,5(11)12)2-4(9)10;5-3(6)1-2-4(7)8/h13H,1-2H2,(H,7,8)(H,9,10)(H,11,12);1-2H2,(H,5,6)(H,7,8). The molecule has 6 N–H and O–H groups in total. The molecule has 0 radical (unpaired) electrons. The molecule has 0 aromatic heterocycles. The van der Waals surface area contributed by atoms with Crippen LogP contribution in [0.15, 0.2) is 0 Å². The van der Waals surface area contributed by atoms with Gasteiger partial charge in [-0.15, -0.1) is 0 Å². The van der Waals surface area contributed by atoms with Crippen LogP contribution in [0.5, 0.6) is 0 Å². The number of carbonyl (C=O) groups is 5. The predicted octanol–water partition coefficient (Wildman–Crippen LogP) is -1.31. The molecule has 11 heteroatoms. The van der Waals surface area contributed by atoms with Crippen molar-refractivity contribution in [1.29, 1.82) is 0 Å². The first-order valence-electron chi connectivity index (χ1n) is 5.23. The Hall–Kier alpha value is -2.69. The van der Waals surface area contributed by atoms with Gasteiger partial charge >= 0.3 is 29.8 Å². The lowest BCUT2D eigenvalue weighted by Crippen LogP contribution is -2.42. The van der Waals surface area contributed by atoms with E-state index in [0.29, 0.717) is 0 Å². The van der Waals surface area contributed by atoms with Gasteiger partial charge in [0.25, 0.3) is 0 Å². The number of aliphatic hydroxyl groups is 1. The van der Waals surface area contributed by atoms with Crippen LogP contribution in [0.4, 0.5) is 0 Å². The fourth-order valence-electron chi connectivity index (χ4n) is 0.928. The third kappa shape index (κ3) is 12.1. The lowest BCUT2D eigenvalue weighted by atomic mass is 9.96. The third-order valence-electron chi connectivity index (χ3n) is 1.84. The van der Waals surface area contributed by atoms with E-state index in [1.165, 1.54) is 0 Å². The molecule has 0 aliphatic carbocycles. The summed E-state index contributed by atoms with van der Waals surface area (Å²) in [6.45, 7) is 0. The molecule has 0 aliphatic rings. The number of aliphatic carboxylic acids is 5. The highest BCUT2D eigenvalue weighted by Crippen LogP contribution is 2.15. The van der Waals surface area contributed by atoms with Crippen LogP contribution in [0, 0.1) is 0 Å². The highest BCUT2D eigenvalue weighted by atomic mass is 16.4. The van der Waals surface area contributed by atoms with Gasteiger partial charge in [0.05, 0.1) is 25.7 Å². The molecule has 0 rings (SSSR count). The van der Waals surface area contributed by atoms with Crippen LogP contribution in [-0.4, -0.2) is 66.1 Å². The molecular formula is C10H14O11. The van der Waals surface area contributed by atoms with Crippen LogP contribution in [0.25, 0.3) is 0 Å². The molecule has 0 amide bonds. The molecule has 0 bridgehead atoms. The van der Waals surface area contributed by atoms with Gasteiger partial charge in [-0.05, 0) is 0 Å². The Kier molecular flexibility index (Phi) is 9.09. The van der Waals surface area contributed by atoms with E-state index in [2.05, 4.69) is 0 Å². The van der Waals surface area contributed by atoms with Crippen LogP contribution in [-0.2, 0) is 24.0 Å². The highest BCUT2D eigenvalue weighted by molar-refractivity contribution is 5.88. The normalized spacial score (nSPS) is 9.95. The molecule has 0 aromatic carbocycles. The van der Waals surface area contributed by atoms with Crippen molar-refractivity contribution >= 4 is 29.8 Å². The van der Waals surface area contributed by atoms with Crippen molar-refractivity contribution < 1.29 is 54.6 Å². The molecule has 0 fully saturated rings. The van der Waals surface area contributed by atoms with E-state index >= 15 is 0 Å². The van der Waals surface area contributed by atoms with E-state index in [9.17, 15) is 24.0 Å². The summed E-state index contributed by atoms with van der Waals surface area (Å²) < 4.78 is 0. The van der Waals surface area contributed by atoms with Gasteiger partial charge in [-0.3, -0.25) is 19.2 Å². The number of hydrogen-bond acceptors (Lipinski definition) is 6. The van der Waals surface area contributed by atoms with Crippen molar-refractivity contribution in [1.82, 2.24) is 0 Å². The minimum atomic E-state index is -2.74. The Bertz CT molecular complexity index is 395. The summed E-state index contributed by atoms with van der Waals surface area (Å²) in [6, 6.07) is 0. The van der Waals surface area contributed by atoms with Gasteiger partial charge in [0.1, 0.15) is 0 Å². The second-order valence-corrected chi connectivity index (χ2v) is 3.77. The summed E-state index contributed by atoms with van der Waals surface area (Å²) in [6.07, 6.45) is -2.88. The van der Waals surface area contributed by atoms with Crippen LogP contribution in [0.3, 0.4) is 0 Å². The van der Waals surface area contributed by atoms with Crippen molar-refractivity contribution in [3.63, 3.8) is 0 Å². The average Bonchev–Trinajstić information content (AvgIpc) is 2.24. The second-order valence-electron chi connectivity index (χ2n) is 3.77. The molecule has 0 unspecified atom stereocenters. The summed E-state index contributed by atoms with van der Waals surface area (Å²) >= 11 is 0. The zero-order valence-corrected chi connectivity index (χ0v) is 10.6. The monoisotopic (exact) mass is 310 g/mol. The zero-order chi connectivity index (χ0) is 17.2. The molecule has 21 heavy (non-hydrogen) atoms. The van der Waals surface area contributed by atoms with Crippen LogP contribution in [0.2, 0.25) is 0 Å². The molecule has 0 aromatic rings. The number of carboxylic acid groups (broad SMARTS) is 5. The van der Waals surface area contributed by atoms with Gasteiger partial charge in [0.2, 0.25) is 0 Å². The maximum atomic E-state index is 10.3. The van der Waals surface area contributed by atoms with Gasteiger partial charge in [-0.2, -0.15) is 0 Å². The molecule has 0 saturated heterocycles. The number of hydrogen-bond donors (Lipinski definition) is 6. The quantitative estimate of drug-likeness (QED) is 0.310. The topological polar surface area (TPSA) is 207 Å². The summed E-state index contributed by atoms with van der Waals surface area (Å²) in [4.78, 5) is 49.8. The van der Waals surface area contributed by atoms with Crippen molar-refractivity contribution in [3.8, 4) is 0 Å². The molecule has 0 atom stereocenters. The first-order valence-corrected chi connectivity index (χ1v) is 5.23. The largest absolute Gasteiger partial charge is 0.481 e. The minimum Gasteiger partial charge on any atom is -0.481 e. The van der Waals surface area contributed by atoms with E-state index in [0.717, 1.165) is 0 Å². The lowest BCUT2D eigenvalue weighted by Gasteiger charge is -2.18. The van der Waals surface area contributed by atoms with Gasteiger partial charge in [0, 0.05) is 0 Å². The second kappa shape index (κ2) is 9.25. The van der Waals surface area contributed by atoms with Crippen molar-refractivity contribution in [2.75, 3.05) is 0 Å². The van der Waals surface area contributed by atoms with E-state index in [-0.39, 0.29) is 12.8 Å². The van der Waals surface area contributed by atoms with E-state index in [1.54, 1.807) is 0 Å². The average molecular weight is 310 g/mol. The van der Waals surface area contributed by atoms with E-state index < -0.39 is 48.3 Å². The van der Waals surface area contributed by atoms with Gasteiger partial charge < -0.3 is 30.6 Å². The smallest absolute Gasteiger partial charge is 0.336 e. The first-order chi connectivity index (χ1) is 9.40. The highest BCUT2D eigenvalue weighted by Gasteiger charge is 2.40. The Balaban J connectivity index is 0. The summed E-state index contributed by atoms with van der Waals surface area (Å²) in [5.74, 6) is -7.17. The van der Waals surface area contributed by atoms with Crippen LogP contribution < -0.4 is 0 Å². The van der Waals surface area contributed by atoms with E-state index in [4.69, 9.17) is 30.6 Å². The molecule has 11 nitrogen and oxygen atoms in total. The third-order valence-corrected chi connectivity index (χ3v) is 1.84. The Morgan fingerprint density at radius 3 is 1.05 bits per heavy atom. The summed E-state index contributed by atoms with van der Waals surface area (Å²) in [5, 5.41) is 49.6. The van der Waals surface area contributed by atoms with Gasteiger partial charge in [-0.25, -0.2) is 4.79 Å². The van der Waals surface area contributed by atoms with Gasteiger partial charge in [-0.1, -0.05) is 0 Å². The van der Waals surface area contributed by atoms with Crippen molar-refractivity contribution in [2.24, 2.45) is 0 Å². The first kappa shape index (κ1) is 20.6. The SMILES string of the molecule is O=C(O)CC(O)(CC(=O)O)C(=O)O.O=C(O)CCC(=O)O. The minimum absolute atomic E-state index is 0.296. The summed E-state index contributed by atoms with van der Waals surface area (Å²) in [5.41, 5.74) is -2.74. The summed E-state index contributed by atoms with van der Waals surface area (Å²) in [7, 11) is 0. The molecular weight excluding hydrogens is 296 g/mol. The van der Waals surface area contributed by atoms with Crippen molar-refractivity contribution in [2.45, 2.75) is 31.3 Å². The fourth-order valence-corrected chi connectivity index (χ4v) is 0.928. The van der Waals surface area contributed by atoms with Gasteiger partial charge in [0.15, 0.2) is 5.60 Å². The molecule has 0 aliphatic heterocycles. The number of rotatable bonds is 8. The van der Waals surface area contributed by atoms with Crippen molar-refractivity contribution in [3.05, 3.63) is 0 Å². The molecule has 0 spiro atoms. The Morgan fingerprint density at radius 1 is 0.619 bits per heavy atom. The van der Waals surface area contributed by atoms with Crippen LogP contribution in [0.1, 0.15) is 25.7 Å².